The van der Waals surface area contributed by atoms with Crippen molar-refractivity contribution in [2.24, 2.45) is 11.3 Å². The summed E-state index contributed by atoms with van der Waals surface area (Å²) in [5.74, 6) is 0.0809. The molecule has 1 aliphatic carbocycles. The number of methoxy groups -OCH3 is 2. The Kier molecular flexibility index (Phi) is 12.5. The third kappa shape index (κ3) is 8.36. The van der Waals surface area contributed by atoms with E-state index in [1.807, 2.05) is 109 Å². The number of rotatable bonds is 14. The maximum absolute atomic E-state index is 13.9. The van der Waals surface area contributed by atoms with E-state index < -0.39 is 52.5 Å². The van der Waals surface area contributed by atoms with Gasteiger partial charge in [0.15, 0.2) is 0 Å². The molecular weight excluding hydrogens is 801 g/mol. The largest absolute Gasteiger partial charge is 0.497 e. The van der Waals surface area contributed by atoms with E-state index in [9.17, 15) is 24.3 Å². The summed E-state index contributed by atoms with van der Waals surface area (Å²) in [5.41, 5.74) is 0.557. The topological polar surface area (TPSA) is 163 Å². The minimum absolute atomic E-state index is 0.0785. The Labute approximate surface area is 365 Å². The number of fused-ring (bicyclic) bond motifs is 1. The van der Waals surface area contributed by atoms with Gasteiger partial charge in [0.1, 0.15) is 35.0 Å². The quantitative estimate of drug-likeness (QED) is 0.0981. The van der Waals surface area contributed by atoms with E-state index >= 15 is 0 Å². The third-order valence-corrected chi connectivity index (χ3v) is 13.0. The number of ether oxygens (including phenoxy) is 4. The summed E-state index contributed by atoms with van der Waals surface area (Å²) in [4.78, 5) is 56.3. The van der Waals surface area contributed by atoms with Crippen LogP contribution in [-0.4, -0.2) is 70.6 Å². The molecular formula is C50H54N4O9. The Morgan fingerprint density at radius 1 is 0.841 bits per heavy atom. The zero-order chi connectivity index (χ0) is 44.3. The number of benzene rings is 4. The second-order valence-corrected chi connectivity index (χ2v) is 16.9. The van der Waals surface area contributed by atoms with Crippen LogP contribution >= 0.6 is 0 Å². The number of carbonyl (C=O) groups is 2. The molecule has 13 heteroatoms. The summed E-state index contributed by atoms with van der Waals surface area (Å²) in [5, 5.41) is 15.4. The minimum Gasteiger partial charge on any atom is -0.497 e. The van der Waals surface area contributed by atoms with Gasteiger partial charge in [-0.1, -0.05) is 106 Å². The van der Waals surface area contributed by atoms with Crippen LogP contribution in [0.2, 0.25) is 0 Å². The predicted octanol–water partition coefficient (Wildman–Crippen LogP) is 6.99. The van der Waals surface area contributed by atoms with Crippen molar-refractivity contribution in [3.05, 3.63) is 164 Å². The molecule has 0 bridgehead atoms. The van der Waals surface area contributed by atoms with Crippen molar-refractivity contribution in [2.75, 3.05) is 27.4 Å². The highest BCUT2D eigenvalue weighted by atomic mass is 16.6. The molecule has 8 rings (SSSR count). The molecule has 328 valence electrons. The lowest BCUT2D eigenvalue weighted by Gasteiger charge is -2.37. The molecule has 4 aromatic carbocycles. The molecule has 0 radical (unpaired) electrons. The lowest BCUT2D eigenvalue weighted by atomic mass is 9.75. The van der Waals surface area contributed by atoms with E-state index in [0.29, 0.717) is 17.9 Å². The van der Waals surface area contributed by atoms with Gasteiger partial charge in [0.2, 0.25) is 5.91 Å². The Morgan fingerprint density at radius 3 is 2.08 bits per heavy atom. The number of hydrogen-bond acceptors (Lipinski definition) is 9. The first-order valence-electron chi connectivity index (χ1n) is 21.6. The molecule has 1 amide bonds. The Bertz CT molecular complexity index is 2630. The van der Waals surface area contributed by atoms with E-state index in [-0.39, 0.29) is 24.6 Å². The van der Waals surface area contributed by atoms with Gasteiger partial charge < -0.3 is 29.4 Å². The number of nitrogens with zero attached hydrogens (tertiary/aromatic N) is 2. The number of carbonyl (C=O) groups excluding carboxylic acids is 2. The maximum Gasteiger partial charge on any atom is 0.330 e. The lowest BCUT2D eigenvalue weighted by Crippen LogP contribution is -2.39. The van der Waals surface area contributed by atoms with Crippen molar-refractivity contribution in [3.8, 4) is 11.5 Å². The minimum atomic E-state index is -1.19. The third-order valence-electron chi connectivity index (χ3n) is 13.0. The first-order chi connectivity index (χ1) is 30.5. The molecule has 63 heavy (non-hydrogen) atoms. The van der Waals surface area contributed by atoms with Gasteiger partial charge in [-0.05, 0) is 71.8 Å². The van der Waals surface area contributed by atoms with Gasteiger partial charge in [-0.25, -0.2) is 4.79 Å². The molecule has 3 N–H and O–H groups in total. The molecule has 2 aromatic heterocycles. The molecule has 6 aromatic rings. The maximum atomic E-state index is 13.9. The number of amides is 1. The Hall–Kier alpha value is -6.28. The van der Waals surface area contributed by atoms with Crippen LogP contribution in [0.25, 0.3) is 10.9 Å². The smallest absolute Gasteiger partial charge is 0.330 e. The molecule has 1 unspecified atom stereocenters. The van der Waals surface area contributed by atoms with Crippen LogP contribution in [0.1, 0.15) is 89.6 Å². The average Bonchev–Trinajstić information content (AvgIpc) is 3.82. The van der Waals surface area contributed by atoms with Crippen LogP contribution in [0.15, 0.2) is 125 Å². The predicted molar refractivity (Wildman–Crippen MR) is 238 cm³/mol. The average molecular weight is 855 g/mol. The summed E-state index contributed by atoms with van der Waals surface area (Å²) in [6.07, 6.45) is 5.28. The molecule has 13 nitrogen and oxygen atoms in total. The first-order valence-corrected chi connectivity index (χ1v) is 21.6. The van der Waals surface area contributed by atoms with Gasteiger partial charge in [0.05, 0.1) is 32.4 Å². The molecule has 1 saturated heterocycles. The van der Waals surface area contributed by atoms with Crippen molar-refractivity contribution in [1.82, 2.24) is 19.4 Å². The highest BCUT2D eigenvalue weighted by molar-refractivity contribution is 5.97. The van der Waals surface area contributed by atoms with Crippen LogP contribution in [0.3, 0.4) is 0 Å². The Morgan fingerprint density at radius 2 is 1.44 bits per heavy atom. The summed E-state index contributed by atoms with van der Waals surface area (Å²) >= 11 is 0. The van der Waals surface area contributed by atoms with Crippen LogP contribution in [-0.2, 0) is 21.5 Å². The van der Waals surface area contributed by atoms with E-state index in [1.165, 1.54) is 6.20 Å². The first kappa shape index (κ1) is 43.4. The van der Waals surface area contributed by atoms with Crippen LogP contribution in [0, 0.1) is 11.3 Å². The monoisotopic (exact) mass is 854 g/mol. The number of hydrogen-bond donors (Lipinski definition) is 3. The van der Waals surface area contributed by atoms with Crippen molar-refractivity contribution in [3.63, 3.8) is 0 Å². The van der Waals surface area contributed by atoms with Gasteiger partial charge in [0, 0.05) is 35.7 Å². The summed E-state index contributed by atoms with van der Waals surface area (Å²) in [6, 6.07) is 32.6. The molecule has 1 saturated carbocycles. The molecule has 2 fully saturated rings. The summed E-state index contributed by atoms with van der Waals surface area (Å²) in [7, 11) is 3.20. The van der Waals surface area contributed by atoms with Gasteiger partial charge in [-0.2, -0.15) is 0 Å². The van der Waals surface area contributed by atoms with Gasteiger partial charge in [-0.15, -0.1) is 0 Å². The standard InChI is InChI=1S/C50H54N4O9/c1-32-43(55)42(31-62-50(34-13-7-5-8-14-34,35-17-21-37(60-3)22-18-35)36-19-23-38(61-4)24-20-36)63-46(32)54-30-40(45(57)52-48(54)59)44(56)51-28-25-33-29-53(41-16-10-9-15-39(33)41)47(58)49(2)26-11-6-12-27-49/h5,7-10,13-24,29-30,32,42-43,46,55H,6,11-12,25-28,31H2,1-4H3,(H,51,56)(H,52,57,59)/t32-,42+,43?,46+/m0/s1. The second-order valence-electron chi connectivity index (χ2n) is 16.9. The fourth-order valence-corrected chi connectivity index (χ4v) is 9.33. The van der Waals surface area contributed by atoms with Gasteiger partial charge >= 0.3 is 5.69 Å². The van der Waals surface area contributed by atoms with E-state index in [0.717, 1.165) is 69.8 Å². The number of aliphatic hydroxyl groups excluding tert-OH is 1. The summed E-state index contributed by atoms with van der Waals surface area (Å²) in [6.45, 7) is 3.84. The van der Waals surface area contributed by atoms with Crippen molar-refractivity contribution < 1.29 is 33.6 Å². The molecule has 1 aliphatic heterocycles. The zero-order valence-electron chi connectivity index (χ0n) is 36.0. The molecule has 0 spiro atoms. The SMILES string of the molecule is COc1ccc(C(OC[C@H]2O[C@@H](n3cc(C(=O)NCCc4cn(C(=O)C5(C)CCCCC5)c5ccccc45)c(=O)[nH]c3=O)[C@@H](C)C2O)(c2ccccc2)c2ccc(OC)cc2)cc1. The number of nitrogens with one attached hydrogen (secondary N) is 2. The van der Waals surface area contributed by atoms with Crippen LogP contribution < -0.4 is 26.0 Å². The molecule has 3 heterocycles. The van der Waals surface area contributed by atoms with E-state index in [1.54, 1.807) is 25.7 Å². The molecule has 4 atom stereocenters. The van der Waals surface area contributed by atoms with Crippen LogP contribution in [0.4, 0.5) is 0 Å². The number of para-hydroxylation sites is 1. The van der Waals surface area contributed by atoms with Gasteiger partial charge in [-0.3, -0.25) is 28.5 Å². The number of H-pyrrole nitrogens is 1. The zero-order valence-corrected chi connectivity index (χ0v) is 36.0. The fraction of sp³-hybridized carbons (Fsp3) is 0.360. The van der Waals surface area contributed by atoms with Crippen molar-refractivity contribution in [1.29, 1.82) is 0 Å². The summed E-state index contributed by atoms with van der Waals surface area (Å²) < 4.78 is 27.3. The fourth-order valence-electron chi connectivity index (χ4n) is 9.33. The normalized spacial score (nSPS) is 19.8. The second kappa shape index (κ2) is 18.2. The number of aromatic nitrogens is 3. The number of aromatic amines is 1. The number of aliphatic hydroxyl groups is 1. The van der Waals surface area contributed by atoms with E-state index in [4.69, 9.17) is 18.9 Å². The van der Waals surface area contributed by atoms with Crippen molar-refractivity contribution >= 4 is 22.7 Å². The van der Waals surface area contributed by atoms with E-state index in [2.05, 4.69) is 17.2 Å². The Balaban J connectivity index is 1.02. The van der Waals surface area contributed by atoms with Crippen molar-refractivity contribution in [2.45, 2.75) is 76.4 Å². The lowest BCUT2D eigenvalue weighted by molar-refractivity contribution is -0.0948. The highest BCUT2D eigenvalue weighted by Crippen LogP contribution is 2.44. The molecule has 2 aliphatic rings. The highest BCUT2D eigenvalue weighted by Gasteiger charge is 2.46. The van der Waals surface area contributed by atoms with Crippen LogP contribution in [0.5, 0.6) is 11.5 Å². The van der Waals surface area contributed by atoms with Gasteiger partial charge in [0.25, 0.3) is 11.5 Å².